The molecule has 10 heavy (non-hydrogen) atoms. The smallest absolute Gasteiger partial charge is 0.219 e. The molecule has 1 atom stereocenters. The molecule has 0 aromatic rings. The number of nitrogens with one attached hydrogen (secondary N) is 1. The Labute approximate surface area is 59.8 Å². The summed E-state index contributed by atoms with van der Waals surface area (Å²) in [6.45, 7) is 0. The molecule has 0 rings (SSSR count). The van der Waals surface area contributed by atoms with Crippen molar-refractivity contribution in [1.82, 2.24) is 5.32 Å². The second kappa shape index (κ2) is 4.93. The van der Waals surface area contributed by atoms with Gasteiger partial charge in [0.1, 0.15) is 0 Å². The Morgan fingerprint density at radius 2 is 2.40 bits per heavy atom. The zero-order valence-electron chi connectivity index (χ0n) is 5.89. The van der Waals surface area contributed by atoms with Gasteiger partial charge in [-0.05, 0) is 6.42 Å². The topological polar surface area (TPSA) is 72.2 Å². The lowest BCUT2D eigenvalue weighted by molar-refractivity contribution is -0.120. The zero-order valence-corrected chi connectivity index (χ0v) is 5.89. The molecule has 0 aliphatic rings. The van der Waals surface area contributed by atoms with E-state index in [1.54, 1.807) is 13.3 Å². The first-order chi connectivity index (χ1) is 4.70. The molecule has 0 bridgehead atoms. The van der Waals surface area contributed by atoms with Gasteiger partial charge in [0.25, 0.3) is 0 Å². The van der Waals surface area contributed by atoms with Gasteiger partial charge in [-0.15, -0.1) is 0 Å². The number of carbonyl (C=O) groups is 1. The van der Waals surface area contributed by atoms with Crippen LogP contribution in [0.15, 0.2) is 0 Å². The Hall–Kier alpha value is -0.900. The highest BCUT2D eigenvalue weighted by Gasteiger charge is 2.03. The van der Waals surface area contributed by atoms with Gasteiger partial charge in [0.2, 0.25) is 12.2 Å². The van der Waals surface area contributed by atoms with Crippen LogP contribution in [-0.2, 0) is 9.59 Å². The fourth-order valence-electron chi connectivity index (χ4n) is 0.471. The molecule has 0 aromatic heterocycles. The first kappa shape index (κ1) is 9.10. The molecule has 4 heteroatoms. The number of carbonyl (C=O) groups excluding carboxylic acids is 2. The average Bonchev–Trinajstić information content (AvgIpc) is 1.99. The predicted octanol–water partition coefficient (Wildman–Crippen LogP) is -1.05. The van der Waals surface area contributed by atoms with Crippen LogP contribution in [0, 0.1) is 0 Å². The molecule has 1 radical (unpaired) electrons. The van der Waals surface area contributed by atoms with Gasteiger partial charge in [-0.1, -0.05) is 0 Å². The minimum atomic E-state index is -0.628. The van der Waals surface area contributed by atoms with Crippen LogP contribution in [-0.4, -0.2) is 25.3 Å². The van der Waals surface area contributed by atoms with Crippen LogP contribution < -0.4 is 11.1 Å². The van der Waals surface area contributed by atoms with Crippen LogP contribution in [0.5, 0.6) is 0 Å². The maximum atomic E-state index is 10.5. The third-order valence-electron chi connectivity index (χ3n) is 1.11. The van der Waals surface area contributed by atoms with Crippen LogP contribution in [0.3, 0.4) is 0 Å². The maximum absolute atomic E-state index is 10.5. The Balaban J connectivity index is 3.34. The van der Waals surface area contributed by atoms with E-state index in [1.807, 2.05) is 0 Å². The monoisotopic (exact) mass is 143 g/mol. The fourth-order valence-corrected chi connectivity index (χ4v) is 0.471. The SMILES string of the molecule is CNC(=O)CCC(N)[C]=O. The largest absolute Gasteiger partial charge is 0.359 e. The van der Waals surface area contributed by atoms with Crippen molar-refractivity contribution >= 4 is 12.2 Å². The number of hydrogen-bond donors (Lipinski definition) is 2. The minimum Gasteiger partial charge on any atom is -0.359 e. The molecule has 0 aliphatic heterocycles. The number of hydrogen-bond acceptors (Lipinski definition) is 3. The lowest BCUT2D eigenvalue weighted by atomic mass is 10.2. The van der Waals surface area contributed by atoms with Crippen molar-refractivity contribution in [3.05, 3.63) is 0 Å². The van der Waals surface area contributed by atoms with Gasteiger partial charge in [-0.25, -0.2) is 0 Å². The summed E-state index contributed by atoms with van der Waals surface area (Å²) >= 11 is 0. The molecule has 0 aromatic carbocycles. The second-order valence-electron chi connectivity index (χ2n) is 1.94. The van der Waals surface area contributed by atoms with Gasteiger partial charge in [-0.2, -0.15) is 0 Å². The second-order valence-corrected chi connectivity index (χ2v) is 1.94. The van der Waals surface area contributed by atoms with Gasteiger partial charge in [0.15, 0.2) is 0 Å². The highest BCUT2D eigenvalue weighted by Crippen LogP contribution is 1.90. The summed E-state index contributed by atoms with van der Waals surface area (Å²) < 4.78 is 0. The summed E-state index contributed by atoms with van der Waals surface area (Å²) in [5, 5.41) is 2.42. The van der Waals surface area contributed by atoms with Crippen LogP contribution in [0.2, 0.25) is 0 Å². The van der Waals surface area contributed by atoms with E-state index in [0.717, 1.165) is 0 Å². The molecule has 0 saturated carbocycles. The first-order valence-electron chi connectivity index (χ1n) is 3.04. The molecule has 0 aliphatic carbocycles. The number of rotatable bonds is 4. The van der Waals surface area contributed by atoms with Crippen LogP contribution in [0.1, 0.15) is 12.8 Å². The van der Waals surface area contributed by atoms with E-state index < -0.39 is 6.04 Å². The Bertz CT molecular complexity index is 125. The summed E-state index contributed by atoms with van der Waals surface area (Å²) in [6.07, 6.45) is 2.24. The van der Waals surface area contributed by atoms with E-state index in [9.17, 15) is 9.59 Å². The molecule has 0 heterocycles. The van der Waals surface area contributed by atoms with E-state index in [-0.39, 0.29) is 12.3 Å². The molecule has 0 fully saturated rings. The summed E-state index contributed by atoms with van der Waals surface area (Å²) in [4.78, 5) is 20.4. The Kier molecular flexibility index (Phi) is 4.49. The van der Waals surface area contributed by atoms with E-state index in [1.165, 1.54) is 0 Å². The van der Waals surface area contributed by atoms with Crippen molar-refractivity contribution in [3.63, 3.8) is 0 Å². The van der Waals surface area contributed by atoms with Gasteiger partial charge >= 0.3 is 0 Å². The highest BCUT2D eigenvalue weighted by molar-refractivity contribution is 5.76. The highest BCUT2D eigenvalue weighted by atomic mass is 16.1. The van der Waals surface area contributed by atoms with E-state index in [0.29, 0.717) is 6.42 Å². The molecular formula is C6H11N2O2. The molecule has 4 nitrogen and oxygen atoms in total. The van der Waals surface area contributed by atoms with Crippen molar-refractivity contribution < 1.29 is 9.59 Å². The van der Waals surface area contributed by atoms with Crippen molar-refractivity contribution in [3.8, 4) is 0 Å². The first-order valence-corrected chi connectivity index (χ1v) is 3.04. The number of nitrogens with two attached hydrogens (primary N) is 1. The van der Waals surface area contributed by atoms with Gasteiger partial charge in [-0.3, -0.25) is 9.59 Å². The summed E-state index contributed by atoms with van der Waals surface area (Å²) in [5.41, 5.74) is 5.17. The van der Waals surface area contributed by atoms with E-state index >= 15 is 0 Å². The standard InChI is InChI=1S/C6H11N2O2/c1-8-6(10)3-2-5(7)4-9/h5H,2-3,7H2,1H3,(H,8,10). The molecule has 1 amide bonds. The number of amides is 1. The molecule has 0 spiro atoms. The van der Waals surface area contributed by atoms with Crippen LogP contribution >= 0.6 is 0 Å². The van der Waals surface area contributed by atoms with E-state index in [2.05, 4.69) is 5.32 Å². The normalized spacial score (nSPS) is 12.2. The molecule has 1 unspecified atom stereocenters. The van der Waals surface area contributed by atoms with Crippen molar-refractivity contribution in [2.45, 2.75) is 18.9 Å². The van der Waals surface area contributed by atoms with Gasteiger partial charge < -0.3 is 11.1 Å². The lowest BCUT2D eigenvalue weighted by Crippen LogP contribution is -2.25. The van der Waals surface area contributed by atoms with E-state index in [4.69, 9.17) is 5.73 Å². The van der Waals surface area contributed by atoms with Crippen molar-refractivity contribution in [2.75, 3.05) is 7.05 Å². The quantitative estimate of drug-likeness (QED) is 0.527. The minimum absolute atomic E-state index is 0.106. The molecular weight excluding hydrogens is 132 g/mol. The van der Waals surface area contributed by atoms with Crippen LogP contribution in [0.4, 0.5) is 0 Å². The summed E-state index contributed by atoms with van der Waals surface area (Å²) in [5.74, 6) is -0.106. The Morgan fingerprint density at radius 1 is 1.80 bits per heavy atom. The molecule has 3 N–H and O–H groups in total. The zero-order chi connectivity index (χ0) is 7.98. The summed E-state index contributed by atoms with van der Waals surface area (Å²) in [6, 6.07) is -0.628. The van der Waals surface area contributed by atoms with Crippen molar-refractivity contribution in [2.24, 2.45) is 5.73 Å². The third-order valence-corrected chi connectivity index (χ3v) is 1.11. The molecule has 0 saturated heterocycles. The molecule has 57 valence electrons. The lowest BCUT2D eigenvalue weighted by Gasteiger charge is -2.00. The van der Waals surface area contributed by atoms with Crippen LogP contribution in [0.25, 0.3) is 0 Å². The Morgan fingerprint density at radius 3 is 2.80 bits per heavy atom. The fraction of sp³-hybridized carbons (Fsp3) is 0.667. The van der Waals surface area contributed by atoms with Crippen molar-refractivity contribution in [1.29, 1.82) is 0 Å². The van der Waals surface area contributed by atoms with Gasteiger partial charge in [0.05, 0.1) is 6.04 Å². The summed E-state index contributed by atoms with van der Waals surface area (Å²) in [7, 11) is 1.54. The maximum Gasteiger partial charge on any atom is 0.219 e. The van der Waals surface area contributed by atoms with Gasteiger partial charge in [0, 0.05) is 13.5 Å². The third kappa shape index (κ3) is 4.03. The predicted molar refractivity (Wildman–Crippen MR) is 37.0 cm³/mol. The average molecular weight is 143 g/mol.